The third kappa shape index (κ3) is 8.44. The first-order valence-corrected chi connectivity index (χ1v) is 18.7. The normalized spacial score (nSPS) is 21.2. The van der Waals surface area contributed by atoms with Crippen LogP contribution in [-0.4, -0.2) is 16.1 Å². The molecule has 4 rings (SSSR count). The third-order valence-corrected chi connectivity index (χ3v) is 19.9. The Hall–Kier alpha value is 0.844. The van der Waals surface area contributed by atoms with Crippen molar-refractivity contribution in [2.24, 2.45) is 0 Å². The van der Waals surface area contributed by atoms with E-state index in [2.05, 4.69) is 52.0 Å². The number of hydrogen-bond acceptors (Lipinski definition) is 0. The van der Waals surface area contributed by atoms with Crippen LogP contribution in [0.2, 0.25) is 36.3 Å². The minimum absolute atomic E-state index is 0. The molecule has 2 heterocycles. The van der Waals surface area contributed by atoms with Crippen molar-refractivity contribution in [3.63, 3.8) is 0 Å². The second-order valence-electron chi connectivity index (χ2n) is 10.5. The van der Waals surface area contributed by atoms with E-state index in [1.807, 2.05) is 10.4 Å². The van der Waals surface area contributed by atoms with Gasteiger partial charge in [-0.2, -0.15) is 0 Å². The molecule has 2 fully saturated rings. The molecule has 0 amide bonds. The van der Waals surface area contributed by atoms with Crippen LogP contribution in [0.25, 0.3) is 0 Å². The van der Waals surface area contributed by atoms with Gasteiger partial charge in [-0.3, -0.25) is 0 Å². The van der Waals surface area contributed by atoms with Gasteiger partial charge in [0.2, 0.25) is 0 Å². The Morgan fingerprint density at radius 3 is 1.24 bits per heavy atom. The summed E-state index contributed by atoms with van der Waals surface area (Å²) in [5.74, 6) is 0. The van der Waals surface area contributed by atoms with E-state index >= 15 is 0 Å². The molecule has 2 saturated heterocycles. The minimum atomic E-state index is -0.880. The summed E-state index contributed by atoms with van der Waals surface area (Å²) < 4.78 is 0. The van der Waals surface area contributed by atoms with E-state index < -0.39 is 16.1 Å². The van der Waals surface area contributed by atoms with Gasteiger partial charge < -0.3 is 24.8 Å². The van der Waals surface area contributed by atoms with E-state index in [-0.39, 0.29) is 50.7 Å². The molecule has 0 bridgehead atoms. The number of rotatable bonds is 10. The molecule has 0 spiro atoms. The molecule has 2 aliphatic carbocycles. The maximum atomic E-state index is 2.59. The van der Waals surface area contributed by atoms with Gasteiger partial charge in [0.25, 0.3) is 0 Å². The molecule has 188 valence electrons. The molecule has 33 heavy (non-hydrogen) atoms. The fraction of sp³-hybridized carbons (Fsp3) is 0.714. The van der Waals surface area contributed by atoms with Crippen LogP contribution < -0.4 is 24.8 Å². The summed E-state index contributed by atoms with van der Waals surface area (Å²) in [6, 6.07) is 9.27. The SMILES string of the molecule is CCCCC1=CC([Si]2(CC)CCC2)=CC1.CCCCC1=CC([Si]2(CC)CCC2)=CC1.[Cl-].[Cl-].[Hf]. The molecule has 2 aliphatic heterocycles. The summed E-state index contributed by atoms with van der Waals surface area (Å²) >= 11 is 0. The van der Waals surface area contributed by atoms with Crippen LogP contribution in [0, 0.1) is 0 Å². The topological polar surface area (TPSA) is 0 Å². The van der Waals surface area contributed by atoms with Crippen molar-refractivity contribution in [2.75, 3.05) is 0 Å². The Morgan fingerprint density at radius 1 is 0.636 bits per heavy atom. The van der Waals surface area contributed by atoms with Crippen LogP contribution in [0.5, 0.6) is 0 Å². The van der Waals surface area contributed by atoms with E-state index in [1.54, 1.807) is 35.3 Å². The Balaban J connectivity index is 0.000000569. The standard InChI is InChI=1S/2C14H24Si.2ClH.Hf/c2*1-3-5-7-13-8-9-14(12-13)15(4-2)10-6-11-15;;;/h2*9,12H,3-8,10-11H2,1-2H3;2*1H;/p-2. The van der Waals surface area contributed by atoms with Gasteiger partial charge in [-0.25, -0.2) is 0 Å². The summed E-state index contributed by atoms with van der Waals surface area (Å²) in [6.45, 7) is 9.42. The van der Waals surface area contributed by atoms with Crippen LogP contribution in [0.1, 0.15) is 91.9 Å². The largest absolute Gasteiger partial charge is 1.00 e. The van der Waals surface area contributed by atoms with Gasteiger partial charge in [0, 0.05) is 25.8 Å². The number of hydrogen-bond donors (Lipinski definition) is 0. The zero-order chi connectivity index (χ0) is 21.5. The van der Waals surface area contributed by atoms with Gasteiger partial charge in [0.05, 0.1) is 16.1 Å². The smallest absolute Gasteiger partial charge is 0.0860 e. The molecule has 0 nitrogen and oxygen atoms in total. The van der Waals surface area contributed by atoms with Crippen LogP contribution in [-0.2, 0) is 25.8 Å². The quantitative estimate of drug-likeness (QED) is 0.307. The first kappa shape index (κ1) is 33.8. The molecule has 0 aromatic rings. The van der Waals surface area contributed by atoms with Gasteiger partial charge in [0.1, 0.15) is 0 Å². The monoisotopic (exact) mass is 690 g/mol. The van der Waals surface area contributed by atoms with Crippen LogP contribution >= 0.6 is 0 Å². The van der Waals surface area contributed by atoms with E-state index in [0.717, 1.165) is 0 Å². The molecule has 4 aliphatic rings. The molecule has 5 heteroatoms. The first-order valence-electron chi connectivity index (χ1n) is 13.4. The number of allylic oxidation sites excluding steroid dienone is 8. The van der Waals surface area contributed by atoms with Gasteiger partial charge >= 0.3 is 0 Å². The molecule has 0 unspecified atom stereocenters. The van der Waals surface area contributed by atoms with E-state index in [9.17, 15) is 0 Å². The molecule has 0 aromatic carbocycles. The fourth-order valence-electron chi connectivity index (χ4n) is 5.95. The van der Waals surface area contributed by atoms with E-state index in [0.29, 0.717) is 0 Å². The molecule has 0 N–H and O–H groups in total. The van der Waals surface area contributed by atoms with E-state index in [1.165, 1.54) is 76.3 Å². The van der Waals surface area contributed by atoms with Crippen molar-refractivity contribution in [2.45, 2.75) is 128 Å². The molecule has 0 atom stereocenters. The molecule has 0 radical (unpaired) electrons. The Kier molecular flexibility index (Phi) is 17.0. The zero-order valence-corrected chi connectivity index (χ0v) is 29.0. The zero-order valence-electron chi connectivity index (χ0n) is 21.9. The van der Waals surface area contributed by atoms with Gasteiger partial charge in [0.15, 0.2) is 0 Å². The van der Waals surface area contributed by atoms with Crippen molar-refractivity contribution in [3.05, 3.63) is 45.8 Å². The second-order valence-corrected chi connectivity index (χ2v) is 20.2. The van der Waals surface area contributed by atoms with Crippen molar-refractivity contribution in [1.29, 1.82) is 0 Å². The van der Waals surface area contributed by atoms with Crippen LogP contribution in [0.4, 0.5) is 0 Å². The summed E-state index contributed by atoms with van der Waals surface area (Å²) in [6.07, 6.45) is 24.0. The molecule has 0 saturated carbocycles. The van der Waals surface area contributed by atoms with E-state index in [4.69, 9.17) is 0 Å². The summed E-state index contributed by atoms with van der Waals surface area (Å²) in [5.41, 5.74) is 3.44. The van der Waals surface area contributed by atoms with Crippen molar-refractivity contribution < 1.29 is 50.7 Å². The predicted molar refractivity (Wildman–Crippen MR) is 142 cm³/mol. The predicted octanol–water partition coefficient (Wildman–Crippen LogP) is 3.69. The second kappa shape index (κ2) is 16.6. The average Bonchev–Trinajstić information content (AvgIpc) is 3.35. The fourth-order valence-corrected chi connectivity index (χ4v) is 13.8. The maximum absolute atomic E-state index is 2.59. The molecular formula is C28H48Cl2HfSi2-2. The number of halogens is 2. The first-order chi connectivity index (χ1) is 14.6. The molecule has 0 aromatic heterocycles. The third-order valence-electron chi connectivity index (χ3n) is 8.79. The van der Waals surface area contributed by atoms with Gasteiger partial charge in [-0.15, -0.1) is 0 Å². The van der Waals surface area contributed by atoms with Crippen molar-refractivity contribution in [3.8, 4) is 0 Å². The van der Waals surface area contributed by atoms with Crippen molar-refractivity contribution in [1.82, 2.24) is 0 Å². The Morgan fingerprint density at radius 2 is 1.00 bits per heavy atom. The summed E-state index contributed by atoms with van der Waals surface area (Å²) in [4.78, 5) is 0. The minimum Gasteiger partial charge on any atom is -1.00 e. The maximum Gasteiger partial charge on any atom is 0.0860 e. The van der Waals surface area contributed by atoms with Crippen molar-refractivity contribution >= 4 is 16.1 Å². The Bertz CT molecular complexity index is 630. The van der Waals surface area contributed by atoms with Crippen LogP contribution in [0.3, 0.4) is 0 Å². The summed E-state index contributed by atoms with van der Waals surface area (Å²) in [7, 11) is -1.76. The Labute approximate surface area is 239 Å². The molecular weight excluding hydrogens is 642 g/mol. The average molecular weight is 690 g/mol. The van der Waals surface area contributed by atoms with Crippen LogP contribution in [0.15, 0.2) is 45.8 Å². The van der Waals surface area contributed by atoms with Gasteiger partial charge in [-0.05, 0) is 38.5 Å². The summed E-state index contributed by atoms with van der Waals surface area (Å²) in [5, 5.41) is 3.64. The van der Waals surface area contributed by atoms with Gasteiger partial charge in [-0.1, -0.05) is 135 Å². The number of unbranched alkanes of at least 4 members (excludes halogenated alkanes) is 2.